The molecule has 18 heavy (non-hydrogen) atoms. The standard InChI is InChI=1S/C13H20NO3P/c1-3-16-18(15,17-4-2)13-9-11-7-5-6-8-12(11)10-14-13/h5-8,13-14H,3-4,9-10H2,1-2H3/t13-/m1/s1. The lowest BCUT2D eigenvalue weighted by Crippen LogP contribution is -2.36. The Morgan fingerprint density at radius 2 is 1.83 bits per heavy atom. The van der Waals surface area contributed by atoms with Crippen molar-refractivity contribution in [1.29, 1.82) is 0 Å². The van der Waals surface area contributed by atoms with Crippen molar-refractivity contribution >= 4 is 7.60 Å². The average Bonchev–Trinajstić information content (AvgIpc) is 2.39. The van der Waals surface area contributed by atoms with E-state index in [9.17, 15) is 4.57 Å². The van der Waals surface area contributed by atoms with Crippen LogP contribution in [0.3, 0.4) is 0 Å². The van der Waals surface area contributed by atoms with E-state index in [2.05, 4.69) is 17.4 Å². The van der Waals surface area contributed by atoms with Crippen molar-refractivity contribution in [2.75, 3.05) is 13.2 Å². The lowest BCUT2D eigenvalue weighted by Gasteiger charge is -2.31. The topological polar surface area (TPSA) is 47.6 Å². The third-order valence-electron chi connectivity index (χ3n) is 3.06. The number of nitrogens with one attached hydrogen (secondary N) is 1. The molecular weight excluding hydrogens is 249 g/mol. The molecule has 0 saturated carbocycles. The molecule has 0 radical (unpaired) electrons. The monoisotopic (exact) mass is 269 g/mol. The highest BCUT2D eigenvalue weighted by Crippen LogP contribution is 2.53. The fourth-order valence-electron chi connectivity index (χ4n) is 2.24. The Morgan fingerprint density at radius 1 is 1.22 bits per heavy atom. The van der Waals surface area contributed by atoms with Crippen LogP contribution in [0.1, 0.15) is 25.0 Å². The first kappa shape index (κ1) is 13.8. The minimum atomic E-state index is -3.06. The second-order valence-corrected chi connectivity index (χ2v) is 6.46. The van der Waals surface area contributed by atoms with Crippen LogP contribution in [0.15, 0.2) is 24.3 Å². The summed E-state index contributed by atoms with van der Waals surface area (Å²) in [6, 6.07) is 8.19. The van der Waals surface area contributed by atoms with Gasteiger partial charge in [-0.2, -0.15) is 0 Å². The zero-order valence-corrected chi connectivity index (χ0v) is 11.8. The quantitative estimate of drug-likeness (QED) is 0.835. The molecule has 1 aromatic rings. The Kier molecular flexibility index (Phi) is 4.57. The Morgan fingerprint density at radius 3 is 2.44 bits per heavy atom. The van der Waals surface area contributed by atoms with Crippen molar-refractivity contribution in [3.8, 4) is 0 Å². The lowest BCUT2D eigenvalue weighted by atomic mass is 10.0. The van der Waals surface area contributed by atoms with E-state index in [0.717, 1.165) is 0 Å². The van der Waals surface area contributed by atoms with Crippen molar-refractivity contribution < 1.29 is 13.6 Å². The number of rotatable bonds is 5. The van der Waals surface area contributed by atoms with Gasteiger partial charge in [-0.25, -0.2) is 0 Å². The highest BCUT2D eigenvalue weighted by molar-refractivity contribution is 7.54. The van der Waals surface area contributed by atoms with Crippen LogP contribution < -0.4 is 5.32 Å². The lowest BCUT2D eigenvalue weighted by molar-refractivity contribution is 0.205. The van der Waals surface area contributed by atoms with E-state index in [1.54, 1.807) is 0 Å². The van der Waals surface area contributed by atoms with Gasteiger partial charge in [0.05, 0.1) is 13.2 Å². The maximum Gasteiger partial charge on any atom is 0.347 e. The molecule has 100 valence electrons. The normalized spacial score (nSPS) is 19.6. The average molecular weight is 269 g/mol. The van der Waals surface area contributed by atoms with Gasteiger partial charge in [0.15, 0.2) is 0 Å². The van der Waals surface area contributed by atoms with E-state index < -0.39 is 7.60 Å². The Labute approximate surface area is 108 Å². The highest BCUT2D eigenvalue weighted by Gasteiger charge is 2.37. The van der Waals surface area contributed by atoms with Crippen LogP contribution in [-0.2, 0) is 26.6 Å². The smallest absolute Gasteiger partial charge is 0.308 e. The van der Waals surface area contributed by atoms with E-state index in [1.807, 2.05) is 26.0 Å². The van der Waals surface area contributed by atoms with Gasteiger partial charge in [-0.3, -0.25) is 9.88 Å². The summed E-state index contributed by atoms with van der Waals surface area (Å²) in [4.78, 5) is 0. The molecular formula is C13H20NO3P. The van der Waals surface area contributed by atoms with Gasteiger partial charge in [-0.1, -0.05) is 24.3 Å². The molecule has 0 unspecified atom stereocenters. The first-order valence-corrected chi connectivity index (χ1v) is 7.99. The van der Waals surface area contributed by atoms with Crippen molar-refractivity contribution in [1.82, 2.24) is 5.32 Å². The maximum absolute atomic E-state index is 12.7. The van der Waals surface area contributed by atoms with E-state index >= 15 is 0 Å². The summed E-state index contributed by atoms with van der Waals surface area (Å²) in [6.07, 6.45) is 0.688. The maximum atomic E-state index is 12.7. The number of benzene rings is 1. The molecule has 1 heterocycles. The van der Waals surface area contributed by atoms with Gasteiger partial charge < -0.3 is 9.05 Å². The van der Waals surface area contributed by atoms with Crippen molar-refractivity contribution in [3.05, 3.63) is 35.4 Å². The van der Waals surface area contributed by atoms with Gasteiger partial charge in [0, 0.05) is 6.54 Å². The Balaban J connectivity index is 2.18. The molecule has 0 saturated heterocycles. The summed E-state index contributed by atoms with van der Waals surface area (Å²) in [6.45, 7) is 5.18. The minimum Gasteiger partial charge on any atom is -0.308 e. The van der Waals surface area contributed by atoms with Crippen LogP contribution >= 0.6 is 7.60 Å². The van der Waals surface area contributed by atoms with Gasteiger partial charge >= 0.3 is 7.60 Å². The van der Waals surface area contributed by atoms with E-state index in [-0.39, 0.29) is 5.78 Å². The predicted octanol–water partition coefficient (Wildman–Crippen LogP) is 2.92. The van der Waals surface area contributed by atoms with E-state index in [0.29, 0.717) is 26.2 Å². The van der Waals surface area contributed by atoms with Crippen molar-refractivity contribution in [2.45, 2.75) is 32.6 Å². The molecule has 0 bridgehead atoms. The van der Waals surface area contributed by atoms with Crippen LogP contribution in [0, 0.1) is 0 Å². The second-order valence-electron chi connectivity index (χ2n) is 4.24. The summed E-state index contributed by atoms with van der Waals surface area (Å²) >= 11 is 0. The highest BCUT2D eigenvalue weighted by atomic mass is 31.2. The fraction of sp³-hybridized carbons (Fsp3) is 0.538. The van der Waals surface area contributed by atoms with Crippen LogP contribution in [-0.4, -0.2) is 19.0 Å². The number of hydrogen-bond acceptors (Lipinski definition) is 4. The molecule has 0 aromatic heterocycles. The summed E-state index contributed by atoms with van der Waals surface area (Å²) in [5, 5.41) is 3.27. The van der Waals surface area contributed by atoms with Gasteiger partial charge in [0.1, 0.15) is 5.78 Å². The predicted molar refractivity (Wildman–Crippen MR) is 71.6 cm³/mol. The molecule has 1 aromatic carbocycles. The third-order valence-corrected chi connectivity index (χ3v) is 5.42. The van der Waals surface area contributed by atoms with Gasteiger partial charge in [0.25, 0.3) is 0 Å². The molecule has 0 spiro atoms. The first-order chi connectivity index (χ1) is 8.69. The Hall–Kier alpha value is -0.670. The molecule has 5 heteroatoms. The molecule has 1 aliphatic rings. The molecule has 1 atom stereocenters. The third kappa shape index (κ3) is 2.83. The van der Waals surface area contributed by atoms with Gasteiger partial charge in [0.2, 0.25) is 0 Å². The van der Waals surface area contributed by atoms with Crippen molar-refractivity contribution in [3.63, 3.8) is 0 Å². The summed E-state index contributed by atoms with van der Waals surface area (Å²) in [5.74, 6) is -0.243. The second kappa shape index (κ2) is 5.98. The van der Waals surface area contributed by atoms with Gasteiger partial charge in [-0.05, 0) is 31.4 Å². The summed E-state index contributed by atoms with van der Waals surface area (Å²) < 4.78 is 23.5. The largest absolute Gasteiger partial charge is 0.347 e. The zero-order valence-electron chi connectivity index (χ0n) is 10.9. The molecule has 0 aliphatic carbocycles. The molecule has 0 amide bonds. The molecule has 0 fully saturated rings. The molecule has 2 rings (SSSR count). The van der Waals surface area contributed by atoms with E-state index in [4.69, 9.17) is 9.05 Å². The summed E-state index contributed by atoms with van der Waals surface area (Å²) in [5.41, 5.74) is 2.48. The van der Waals surface area contributed by atoms with Gasteiger partial charge in [-0.15, -0.1) is 0 Å². The first-order valence-electron chi connectivity index (χ1n) is 6.38. The number of fused-ring (bicyclic) bond motifs is 1. The van der Waals surface area contributed by atoms with Crippen LogP contribution in [0.4, 0.5) is 0 Å². The Bertz CT molecular complexity index is 440. The molecule has 1 N–H and O–H groups in total. The minimum absolute atomic E-state index is 0.243. The fourth-order valence-corrected chi connectivity index (χ4v) is 4.13. The van der Waals surface area contributed by atoms with E-state index in [1.165, 1.54) is 11.1 Å². The molecule has 1 aliphatic heterocycles. The SMILES string of the molecule is CCOP(=O)(OCC)[C@@H]1Cc2ccccc2CN1. The van der Waals surface area contributed by atoms with Crippen molar-refractivity contribution in [2.24, 2.45) is 0 Å². The van der Waals surface area contributed by atoms with Crippen LogP contribution in [0.2, 0.25) is 0 Å². The summed E-state index contributed by atoms with van der Waals surface area (Å²) in [7, 11) is -3.06. The van der Waals surface area contributed by atoms with Crippen LogP contribution in [0.5, 0.6) is 0 Å². The van der Waals surface area contributed by atoms with Crippen LogP contribution in [0.25, 0.3) is 0 Å². The molecule has 4 nitrogen and oxygen atoms in total. The number of hydrogen-bond donors (Lipinski definition) is 1. The zero-order chi connectivity index (χ0) is 13.0.